The molecule has 1 unspecified atom stereocenters. The summed E-state index contributed by atoms with van der Waals surface area (Å²) in [6.45, 7) is 5.08. The minimum absolute atomic E-state index is 0. The Morgan fingerprint density at radius 1 is 1.17 bits per heavy atom. The second-order valence-electron chi connectivity index (χ2n) is 7.17. The average Bonchev–Trinajstić information content (AvgIpc) is 3.31. The number of hydrogen-bond donors (Lipinski definition) is 1. The molecule has 0 spiro atoms. The maximum atomic E-state index is 12.5. The summed E-state index contributed by atoms with van der Waals surface area (Å²) in [7, 11) is 3.44. The topological polar surface area (TPSA) is 75.6 Å². The Kier molecular flexibility index (Phi) is 10.5. The molecule has 30 heavy (non-hydrogen) atoms. The predicted molar refractivity (Wildman–Crippen MR) is 127 cm³/mol. The molecule has 2 saturated heterocycles. The molecule has 8 nitrogen and oxygen atoms in total. The normalized spacial score (nSPS) is 19.3. The molecular formula is C21H33IN4O4. The number of aliphatic imine (C=N–C) groups is 1. The van der Waals surface area contributed by atoms with E-state index in [-0.39, 0.29) is 36.0 Å². The van der Waals surface area contributed by atoms with Crippen molar-refractivity contribution in [2.75, 3.05) is 60.1 Å². The van der Waals surface area contributed by atoms with Gasteiger partial charge in [0.1, 0.15) is 17.6 Å². The van der Waals surface area contributed by atoms with Crippen LogP contribution in [0.15, 0.2) is 29.3 Å². The molecule has 3 rings (SSSR count). The molecule has 168 valence electrons. The van der Waals surface area contributed by atoms with Gasteiger partial charge in [0.05, 0.1) is 13.7 Å². The van der Waals surface area contributed by atoms with E-state index in [0.717, 1.165) is 56.4 Å². The summed E-state index contributed by atoms with van der Waals surface area (Å²) in [4.78, 5) is 21.0. The number of benzene rings is 1. The molecule has 1 atom stereocenters. The van der Waals surface area contributed by atoms with Gasteiger partial charge >= 0.3 is 0 Å². The molecular weight excluding hydrogens is 499 g/mol. The van der Waals surface area contributed by atoms with Gasteiger partial charge in [-0.15, -0.1) is 24.0 Å². The Hall–Kier alpha value is -1.75. The van der Waals surface area contributed by atoms with Crippen molar-refractivity contribution in [1.82, 2.24) is 15.1 Å². The van der Waals surface area contributed by atoms with Crippen molar-refractivity contribution in [1.29, 1.82) is 0 Å². The maximum absolute atomic E-state index is 12.5. The van der Waals surface area contributed by atoms with Gasteiger partial charge in [-0.25, -0.2) is 0 Å². The first-order chi connectivity index (χ1) is 14.2. The Morgan fingerprint density at radius 2 is 1.83 bits per heavy atom. The summed E-state index contributed by atoms with van der Waals surface area (Å²) in [5, 5.41) is 3.39. The molecule has 0 bridgehead atoms. The highest BCUT2D eigenvalue weighted by Crippen LogP contribution is 2.17. The third-order valence-corrected chi connectivity index (χ3v) is 5.24. The van der Waals surface area contributed by atoms with Crippen molar-refractivity contribution < 1.29 is 19.0 Å². The number of halogens is 1. The molecule has 1 aromatic rings. The van der Waals surface area contributed by atoms with Crippen molar-refractivity contribution in [2.45, 2.75) is 25.4 Å². The van der Waals surface area contributed by atoms with Gasteiger partial charge in [-0.2, -0.15) is 0 Å². The fraction of sp³-hybridized carbons (Fsp3) is 0.619. The van der Waals surface area contributed by atoms with E-state index >= 15 is 0 Å². The van der Waals surface area contributed by atoms with Gasteiger partial charge in [0.25, 0.3) is 5.91 Å². The number of hydrogen-bond acceptors (Lipinski definition) is 5. The lowest BCUT2D eigenvalue weighted by Gasteiger charge is -2.37. The van der Waals surface area contributed by atoms with Gasteiger partial charge in [-0.1, -0.05) is 0 Å². The fourth-order valence-corrected chi connectivity index (χ4v) is 3.58. The van der Waals surface area contributed by atoms with Crippen molar-refractivity contribution in [3.8, 4) is 11.5 Å². The monoisotopic (exact) mass is 532 g/mol. The minimum atomic E-state index is -0.232. The molecule has 0 saturated carbocycles. The van der Waals surface area contributed by atoms with Crippen LogP contribution in [-0.2, 0) is 9.53 Å². The molecule has 0 aromatic heterocycles. The Labute approximate surface area is 196 Å². The van der Waals surface area contributed by atoms with Gasteiger partial charge < -0.3 is 29.3 Å². The molecule has 2 fully saturated rings. The number of methoxy groups -OCH3 is 1. The number of carbonyl (C=O) groups excluding carboxylic acids is 1. The number of amides is 1. The van der Waals surface area contributed by atoms with Crippen LogP contribution in [0.4, 0.5) is 0 Å². The van der Waals surface area contributed by atoms with Gasteiger partial charge in [0.2, 0.25) is 0 Å². The van der Waals surface area contributed by atoms with Crippen LogP contribution in [0.5, 0.6) is 11.5 Å². The molecule has 1 N–H and O–H groups in total. The van der Waals surface area contributed by atoms with Crippen LogP contribution >= 0.6 is 24.0 Å². The molecule has 2 aliphatic heterocycles. The van der Waals surface area contributed by atoms with Crippen LogP contribution < -0.4 is 14.8 Å². The molecule has 2 heterocycles. The smallest absolute Gasteiger partial charge is 0.251 e. The Balaban J connectivity index is 0.00000320. The number of rotatable bonds is 7. The lowest BCUT2D eigenvalue weighted by atomic mass is 10.2. The molecule has 0 radical (unpaired) electrons. The van der Waals surface area contributed by atoms with Gasteiger partial charge in [0, 0.05) is 46.4 Å². The van der Waals surface area contributed by atoms with Gasteiger partial charge in [-0.05, 0) is 43.5 Å². The summed E-state index contributed by atoms with van der Waals surface area (Å²) in [6, 6.07) is 7.59. The van der Waals surface area contributed by atoms with E-state index in [1.807, 2.05) is 29.2 Å². The van der Waals surface area contributed by atoms with Crippen molar-refractivity contribution >= 4 is 35.8 Å². The SMILES string of the molecule is CN=C(NCCCOc1ccc(OC)cc1)N1CCN(C(=O)C2CCCO2)CC1.I. The maximum Gasteiger partial charge on any atom is 0.251 e. The van der Waals surface area contributed by atoms with Crippen molar-refractivity contribution in [3.63, 3.8) is 0 Å². The van der Waals surface area contributed by atoms with E-state index in [0.29, 0.717) is 26.3 Å². The number of ether oxygens (including phenoxy) is 3. The van der Waals surface area contributed by atoms with E-state index in [9.17, 15) is 4.79 Å². The van der Waals surface area contributed by atoms with E-state index in [4.69, 9.17) is 14.2 Å². The van der Waals surface area contributed by atoms with Crippen LogP contribution in [0.25, 0.3) is 0 Å². The fourth-order valence-electron chi connectivity index (χ4n) is 3.58. The van der Waals surface area contributed by atoms with E-state index in [2.05, 4.69) is 15.2 Å². The van der Waals surface area contributed by atoms with Crippen LogP contribution in [0.1, 0.15) is 19.3 Å². The summed E-state index contributed by atoms with van der Waals surface area (Å²) in [5.74, 6) is 2.67. The van der Waals surface area contributed by atoms with Crippen molar-refractivity contribution in [3.05, 3.63) is 24.3 Å². The van der Waals surface area contributed by atoms with Gasteiger partial charge in [-0.3, -0.25) is 9.79 Å². The van der Waals surface area contributed by atoms with Crippen LogP contribution in [0, 0.1) is 0 Å². The lowest BCUT2D eigenvalue weighted by Crippen LogP contribution is -2.55. The first kappa shape index (κ1) is 24.5. The zero-order valence-corrected chi connectivity index (χ0v) is 20.2. The Bertz CT molecular complexity index is 672. The number of nitrogens with zero attached hydrogens (tertiary/aromatic N) is 3. The number of piperazine rings is 1. The zero-order valence-electron chi connectivity index (χ0n) is 17.8. The highest BCUT2D eigenvalue weighted by Gasteiger charge is 2.30. The van der Waals surface area contributed by atoms with Crippen molar-refractivity contribution in [2.24, 2.45) is 4.99 Å². The standard InChI is InChI=1S/C21H32N4O4.HI/c1-22-21(23-10-4-16-28-18-8-6-17(27-2)7-9-18)25-13-11-24(12-14-25)20(26)19-5-3-15-29-19;/h6-9,19H,3-5,10-16H2,1-2H3,(H,22,23);1H. The first-order valence-electron chi connectivity index (χ1n) is 10.3. The average molecular weight is 532 g/mol. The number of guanidine groups is 1. The second-order valence-corrected chi connectivity index (χ2v) is 7.17. The largest absolute Gasteiger partial charge is 0.497 e. The van der Waals surface area contributed by atoms with Crippen LogP contribution in [0.2, 0.25) is 0 Å². The molecule has 0 aliphatic carbocycles. The predicted octanol–water partition coefficient (Wildman–Crippen LogP) is 1.98. The highest BCUT2D eigenvalue weighted by molar-refractivity contribution is 14.0. The molecule has 1 amide bonds. The lowest BCUT2D eigenvalue weighted by molar-refractivity contribution is -0.142. The number of carbonyl (C=O) groups is 1. The molecule has 2 aliphatic rings. The summed E-state index contributed by atoms with van der Waals surface area (Å²) in [5.41, 5.74) is 0. The first-order valence-corrected chi connectivity index (χ1v) is 10.3. The summed E-state index contributed by atoms with van der Waals surface area (Å²) in [6.07, 6.45) is 2.46. The zero-order chi connectivity index (χ0) is 20.5. The summed E-state index contributed by atoms with van der Waals surface area (Å²) >= 11 is 0. The Morgan fingerprint density at radius 3 is 2.43 bits per heavy atom. The van der Waals surface area contributed by atoms with Crippen LogP contribution in [-0.4, -0.2) is 87.9 Å². The van der Waals surface area contributed by atoms with E-state index in [1.54, 1.807) is 14.2 Å². The third kappa shape index (κ3) is 6.90. The third-order valence-electron chi connectivity index (χ3n) is 5.24. The van der Waals surface area contributed by atoms with E-state index in [1.165, 1.54) is 0 Å². The van der Waals surface area contributed by atoms with Crippen LogP contribution in [0.3, 0.4) is 0 Å². The second kappa shape index (κ2) is 12.8. The minimum Gasteiger partial charge on any atom is -0.497 e. The van der Waals surface area contributed by atoms with Gasteiger partial charge in [0.15, 0.2) is 5.96 Å². The quantitative estimate of drug-likeness (QED) is 0.251. The summed E-state index contributed by atoms with van der Waals surface area (Å²) < 4.78 is 16.4. The molecule has 9 heteroatoms. The van der Waals surface area contributed by atoms with E-state index < -0.39 is 0 Å². The highest BCUT2D eigenvalue weighted by atomic mass is 127. The number of nitrogens with one attached hydrogen (secondary N) is 1. The molecule has 1 aromatic carbocycles.